The zero-order valence-corrected chi connectivity index (χ0v) is 21.5. The normalized spacial score (nSPS) is 11.7. The molecule has 0 saturated carbocycles. The number of furan rings is 1. The molecule has 0 N–H and O–H groups in total. The first-order valence-electron chi connectivity index (χ1n) is 11.6. The summed E-state index contributed by atoms with van der Waals surface area (Å²) < 4.78 is 40.2. The van der Waals surface area contributed by atoms with Crippen LogP contribution >= 0.6 is 0 Å². The SMILES string of the molecule is CCOC(=O)CCc1ccc(OCc2cc(CCCS(C)(=O)=O)cc3cc(C)oc23)c(C)c1C. The molecule has 0 bridgehead atoms. The van der Waals surface area contributed by atoms with Crippen molar-refractivity contribution in [2.45, 2.75) is 60.0 Å². The lowest BCUT2D eigenvalue weighted by molar-refractivity contribution is -0.143. The average molecular weight is 487 g/mol. The second kappa shape index (κ2) is 11.1. The van der Waals surface area contributed by atoms with Gasteiger partial charge in [0.25, 0.3) is 0 Å². The van der Waals surface area contributed by atoms with Gasteiger partial charge in [0.2, 0.25) is 0 Å². The molecule has 0 radical (unpaired) electrons. The summed E-state index contributed by atoms with van der Waals surface area (Å²) in [6.45, 7) is 8.52. The molecule has 0 spiro atoms. The van der Waals surface area contributed by atoms with Gasteiger partial charge >= 0.3 is 5.97 Å². The maximum atomic E-state index is 11.7. The van der Waals surface area contributed by atoms with Crippen LogP contribution in [0.4, 0.5) is 0 Å². The first kappa shape index (κ1) is 25.8. The predicted molar refractivity (Wildman–Crippen MR) is 134 cm³/mol. The van der Waals surface area contributed by atoms with Crippen LogP contribution in [0.25, 0.3) is 11.0 Å². The van der Waals surface area contributed by atoms with Gasteiger partial charge in [-0.15, -0.1) is 0 Å². The summed E-state index contributed by atoms with van der Waals surface area (Å²) in [5, 5.41) is 0.996. The summed E-state index contributed by atoms with van der Waals surface area (Å²) in [6, 6.07) is 10.1. The summed E-state index contributed by atoms with van der Waals surface area (Å²) in [5.74, 6) is 1.59. The number of ether oxygens (including phenoxy) is 2. The fourth-order valence-corrected chi connectivity index (χ4v) is 4.79. The minimum Gasteiger partial charge on any atom is -0.488 e. The molecule has 1 aromatic heterocycles. The average Bonchev–Trinajstić information content (AvgIpc) is 3.13. The molecule has 1 heterocycles. The summed E-state index contributed by atoms with van der Waals surface area (Å²) in [4.78, 5) is 11.7. The lowest BCUT2D eigenvalue weighted by Gasteiger charge is -2.15. The van der Waals surface area contributed by atoms with Gasteiger partial charge < -0.3 is 13.9 Å². The van der Waals surface area contributed by atoms with Gasteiger partial charge in [-0.05, 0) is 93.5 Å². The number of sulfone groups is 1. The molecule has 0 saturated heterocycles. The van der Waals surface area contributed by atoms with E-state index in [1.165, 1.54) is 6.26 Å². The summed E-state index contributed by atoms with van der Waals surface area (Å²) in [6.07, 6.45) is 3.51. The predicted octanol–water partition coefficient (Wildman–Crippen LogP) is 5.41. The van der Waals surface area contributed by atoms with Crippen LogP contribution in [0.1, 0.15) is 53.3 Å². The summed E-state index contributed by atoms with van der Waals surface area (Å²) in [7, 11) is -2.98. The van der Waals surface area contributed by atoms with Crippen LogP contribution in [0.2, 0.25) is 0 Å². The van der Waals surface area contributed by atoms with Crippen molar-refractivity contribution in [3.8, 4) is 5.75 Å². The Morgan fingerprint density at radius 2 is 1.76 bits per heavy atom. The van der Waals surface area contributed by atoms with Crippen LogP contribution in [0.3, 0.4) is 0 Å². The summed E-state index contributed by atoms with van der Waals surface area (Å²) >= 11 is 0. The van der Waals surface area contributed by atoms with Crippen LogP contribution in [-0.2, 0) is 38.8 Å². The van der Waals surface area contributed by atoms with E-state index in [1.807, 2.05) is 52.0 Å². The Morgan fingerprint density at radius 3 is 2.47 bits per heavy atom. The fourth-order valence-electron chi connectivity index (χ4n) is 4.12. The van der Waals surface area contributed by atoms with Gasteiger partial charge in [-0.25, -0.2) is 8.42 Å². The molecule has 0 aliphatic carbocycles. The molecular formula is C27H34O6S. The van der Waals surface area contributed by atoms with Crippen molar-refractivity contribution in [1.82, 2.24) is 0 Å². The van der Waals surface area contributed by atoms with Crippen LogP contribution in [0, 0.1) is 20.8 Å². The van der Waals surface area contributed by atoms with E-state index in [9.17, 15) is 13.2 Å². The number of fused-ring (bicyclic) bond motifs is 1. The Balaban J connectivity index is 1.76. The van der Waals surface area contributed by atoms with Crippen molar-refractivity contribution in [2.24, 2.45) is 0 Å². The van der Waals surface area contributed by atoms with E-state index < -0.39 is 9.84 Å². The maximum Gasteiger partial charge on any atom is 0.306 e. The van der Waals surface area contributed by atoms with E-state index in [-0.39, 0.29) is 11.7 Å². The molecular weight excluding hydrogens is 452 g/mol. The Hall–Kier alpha value is -2.80. The van der Waals surface area contributed by atoms with Gasteiger partial charge in [-0.1, -0.05) is 6.07 Å². The van der Waals surface area contributed by atoms with Crippen molar-refractivity contribution >= 4 is 26.8 Å². The first-order valence-corrected chi connectivity index (χ1v) is 13.7. The molecule has 0 amide bonds. The third-order valence-corrected chi connectivity index (χ3v) is 7.02. The standard InChI is InChI=1S/C27H34O6S/c1-6-31-26(28)12-10-22-9-11-25(20(4)19(22)3)32-17-24-16-21(8-7-13-34(5,29)30)15-23-14-18(2)33-27(23)24/h9,11,14-16H,6-8,10,12-13,17H2,1-5H3. The molecule has 0 unspecified atom stereocenters. The number of rotatable bonds is 11. The van der Waals surface area contributed by atoms with Crippen molar-refractivity contribution in [1.29, 1.82) is 0 Å². The smallest absolute Gasteiger partial charge is 0.306 e. The third kappa shape index (κ3) is 6.86. The Labute approximate surface area is 202 Å². The van der Waals surface area contributed by atoms with Gasteiger partial charge in [-0.2, -0.15) is 0 Å². The van der Waals surface area contributed by atoms with E-state index in [0.717, 1.165) is 50.3 Å². The largest absolute Gasteiger partial charge is 0.488 e. The molecule has 3 rings (SSSR count). The molecule has 0 fully saturated rings. The molecule has 6 nitrogen and oxygen atoms in total. The quantitative estimate of drug-likeness (QED) is 0.337. The Bertz CT molecular complexity index is 1270. The lowest BCUT2D eigenvalue weighted by Crippen LogP contribution is -2.07. The van der Waals surface area contributed by atoms with Crippen LogP contribution in [-0.4, -0.2) is 33.0 Å². The Kier molecular flexibility index (Phi) is 8.42. The zero-order chi connectivity index (χ0) is 24.9. The summed E-state index contributed by atoms with van der Waals surface area (Å²) in [5.41, 5.74) is 6.05. The highest BCUT2D eigenvalue weighted by Crippen LogP contribution is 2.29. The first-order chi connectivity index (χ1) is 16.1. The second-order valence-electron chi connectivity index (χ2n) is 8.83. The van der Waals surface area contributed by atoms with E-state index in [1.54, 1.807) is 0 Å². The lowest BCUT2D eigenvalue weighted by atomic mass is 9.99. The van der Waals surface area contributed by atoms with Gasteiger partial charge in [-0.3, -0.25) is 4.79 Å². The highest BCUT2D eigenvalue weighted by atomic mass is 32.2. The molecule has 0 aliphatic heterocycles. The van der Waals surface area contributed by atoms with Gasteiger partial charge in [0.05, 0.1) is 12.4 Å². The topological polar surface area (TPSA) is 82.8 Å². The van der Waals surface area contributed by atoms with E-state index >= 15 is 0 Å². The molecule has 34 heavy (non-hydrogen) atoms. The molecule has 0 aliphatic rings. The van der Waals surface area contributed by atoms with Gasteiger partial charge in [0.1, 0.15) is 33.5 Å². The molecule has 0 atom stereocenters. The van der Waals surface area contributed by atoms with Crippen LogP contribution in [0.15, 0.2) is 34.7 Å². The number of aryl methyl sites for hydroxylation is 3. The fraction of sp³-hybridized carbons (Fsp3) is 0.444. The maximum absolute atomic E-state index is 11.7. The molecule has 2 aromatic carbocycles. The number of carbonyl (C=O) groups excluding carboxylic acids is 1. The number of benzene rings is 2. The number of esters is 1. The number of hydrogen-bond donors (Lipinski definition) is 0. The van der Waals surface area contributed by atoms with Gasteiger partial charge in [0.15, 0.2) is 0 Å². The number of hydrogen-bond acceptors (Lipinski definition) is 6. The highest BCUT2D eigenvalue weighted by molar-refractivity contribution is 7.90. The molecule has 184 valence electrons. The minimum atomic E-state index is -2.98. The van der Waals surface area contributed by atoms with E-state index in [2.05, 4.69) is 6.07 Å². The second-order valence-corrected chi connectivity index (χ2v) is 11.1. The Morgan fingerprint density at radius 1 is 1.00 bits per heavy atom. The molecule has 3 aromatic rings. The van der Waals surface area contributed by atoms with Crippen LogP contribution in [0.5, 0.6) is 5.75 Å². The minimum absolute atomic E-state index is 0.169. The third-order valence-electron chi connectivity index (χ3n) is 5.99. The van der Waals surface area contributed by atoms with Crippen LogP contribution < -0.4 is 4.74 Å². The van der Waals surface area contributed by atoms with Crippen molar-refractivity contribution in [3.63, 3.8) is 0 Å². The monoisotopic (exact) mass is 486 g/mol. The highest BCUT2D eigenvalue weighted by Gasteiger charge is 2.14. The van der Waals surface area contributed by atoms with Gasteiger partial charge in [0, 0.05) is 23.6 Å². The molecule has 7 heteroatoms. The van der Waals surface area contributed by atoms with E-state index in [0.29, 0.717) is 38.9 Å². The van der Waals surface area contributed by atoms with Crippen molar-refractivity contribution < 1.29 is 27.1 Å². The van der Waals surface area contributed by atoms with Crippen molar-refractivity contribution in [2.75, 3.05) is 18.6 Å². The number of carbonyl (C=O) groups is 1. The van der Waals surface area contributed by atoms with Crippen molar-refractivity contribution in [3.05, 3.63) is 63.9 Å². The zero-order valence-electron chi connectivity index (χ0n) is 20.7. The van der Waals surface area contributed by atoms with E-state index in [4.69, 9.17) is 13.9 Å².